The third kappa shape index (κ3) is 3.92. The van der Waals surface area contributed by atoms with Crippen LogP contribution in [0.4, 0.5) is 5.69 Å². The molecule has 0 unspecified atom stereocenters. The van der Waals surface area contributed by atoms with Gasteiger partial charge in [-0.3, -0.25) is 0 Å². The lowest BCUT2D eigenvalue weighted by atomic mass is 10.2. The van der Waals surface area contributed by atoms with Crippen molar-refractivity contribution >= 4 is 5.69 Å². The number of anilines is 1. The van der Waals surface area contributed by atoms with Gasteiger partial charge in [0.2, 0.25) is 0 Å². The van der Waals surface area contributed by atoms with Crippen molar-refractivity contribution < 1.29 is 9.84 Å². The highest BCUT2D eigenvalue weighted by Gasteiger charge is 1.96. The minimum atomic E-state index is -0.416. The third-order valence-corrected chi connectivity index (χ3v) is 1.58. The van der Waals surface area contributed by atoms with Gasteiger partial charge in [-0.15, -0.1) is 0 Å². The summed E-state index contributed by atoms with van der Waals surface area (Å²) in [4.78, 5) is 0. The van der Waals surface area contributed by atoms with Crippen LogP contribution in [0.1, 0.15) is 12.5 Å². The minimum Gasteiger partial charge on any atom is -0.399 e. The lowest BCUT2D eigenvalue weighted by molar-refractivity contribution is 0.0376. The molecule has 0 heterocycles. The van der Waals surface area contributed by atoms with Crippen LogP contribution in [-0.4, -0.2) is 17.8 Å². The van der Waals surface area contributed by atoms with Gasteiger partial charge in [0.05, 0.1) is 19.3 Å². The van der Waals surface area contributed by atoms with Gasteiger partial charge in [-0.2, -0.15) is 0 Å². The Morgan fingerprint density at radius 2 is 2.31 bits per heavy atom. The first-order valence-electron chi connectivity index (χ1n) is 4.28. The van der Waals surface area contributed by atoms with E-state index in [1.54, 1.807) is 6.92 Å². The fourth-order valence-corrected chi connectivity index (χ4v) is 1.03. The molecule has 0 radical (unpaired) electrons. The molecule has 13 heavy (non-hydrogen) atoms. The second-order valence-electron chi connectivity index (χ2n) is 3.11. The van der Waals surface area contributed by atoms with Crippen molar-refractivity contribution in [3.8, 4) is 0 Å². The van der Waals surface area contributed by atoms with E-state index in [0.717, 1.165) is 11.3 Å². The molecule has 0 bridgehead atoms. The molecule has 1 atom stereocenters. The van der Waals surface area contributed by atoms with E-state index in [0.29, 0.717) is 13.2 Å². The fourth-order valence-electron chi connectivity index (χ4n) is 1.03. The molecule has 1 aromatic carbocycles. The van der Waals surface area contributed by atoms with E-state index in [1.165, 1.54) is 0 Å². The number of hydrogen-bond donors (Lipinski definition) is 2. The van der Waals surface area contributed by atoms with Gasteiger partial charge < -0.3 is 15.6 Å². The normalized spacial score (nSPS) is 12.8. The molecule has 0 saturated carbocycles. The summed E-state index contributed by atoms with van der Waals surface area (Å²) in [5, 5.41) is 8.94. The molecular weight excluding hydrogens is 166 g/mol. The summed E-state index contributed by atoms with van der Waals surface area (Å²) in [6, 6.07) is 7.52. The molecule has 0 aromatic heterocycles. The molecule has 0 spiro atoms. The molecule has 1 rings (SSSR count). The van der Waals surface area contributed by atoms with Crippen LogP contribution in [0.3, 0.4) is 0 Å². The first kappa shape index (κ1) is 10.0. The summed E-state index contributed by atoms with van der Waals surface area (Å²) >= 11 is 0. The largest absolute Gasteiger partial charge is 0.399 e. The SMILES string of the molecule is C[C@H](O)COCc1cccc(N)c1. The van der Waals surface area contributed by atoms with Gasteiger partial charge in [0.1, 0.15) is 0 Å². The number of ether oxygens (including phenoxy) is 1. The number of nitrogens with two attached hydrogens (primary N) is 1. The number of aliphatic hydroxyl groups is 1. The molecule has 0 aliphatic rings. The molecule has 0 fully saturated rings. The molecule has 0 saturated heterocycles. The second kappa shape index (κ2) is 4.84. The monoisotopic (exact) mass is 181 g/mol. The maximum absolute atomic E-state index is 8.94. The van der Waals surface area contributed by atoms with E-state index in [2.05, 4.69) is 0 Å². The zero-order valence-electron chi connectivity index (χ0n) is 7.73. The predicted molar refractivity (Wildman–Crippen MR) is 52.2 cm³/mol. The van der Waals surface area contributed by atoms with Gasteiger partial charge in [0.15, 0.2) is 0 Å². The van der Waals surface area contributed by atoms with E-state index >= 15 is 0 Å². The van der Waals surface area contributed by atoms with Gasteiger partial charge in [-0.1, -0.05) is 12.1 Å². The summed E-state index contributed by atoms with van der Waals surface area (Å²) in [6.45, 7) is 2.55. The van der Waals surface area contributed by atoms with Crippen LogP contribution in [-0.2, 0) is 11.3 Å². The Morgan fingerprint density at radius 1 is 1.54 bits per heavy atom. The summed E-state index contributed by atoms with van der Waals surface area (Å²) in [5.41, 5.74) is 7.35. The lowest BCUT2D eigenvalue weighted by Crippen LogP contribution is -2.10. The number of aliphatic hydroxyl groups excluding tert-OH is 1. The van der Waals surface area contributed by atoms with Crippen LogP contribution in [0, 0.1) is 0 Å². The van der Waals surface area contributed by atoms with Crippen molar-refractivity contribution in [3.63, 3.8) is 0 Å². The van der Waals surface area contributed by atoms with Crippen LogP contribution < -0.4 is 5.73 Å². The Morgan fingerprint density at radius 3 is 2.92 bits per heavy atom. The molecular formula is C10H15NO2. The molecule has 3 nitrogen and oxygen atoms in total. The summed E-state index contributed by atoms with van der Waals surface area (Å²) in [6.07, 6.45) is -0.416. The van der Waals surface area contributed by atoms with Crippen molar-refractivity contribution in [2.24, 2.45) is 0 Å². The van der Waals surface area contributed by atoms with Crippen molar-refractivity contribution in [1.29, 1.82) is 0 Å². The van der Waals surface area contributed by atoms with Crippen LogP contribution in [0.25, 0.3) is 0 Å². The average Bonchev–Trinajstić information content (AvgIpc) is 2.03. The molecule has 1 aromatic rings. The van der Waals surface area contributed by atoms with Crippen LogP contribution in [0.15, 0.2) is 24.3 Å². The van der Waals surface area contributed by atoms with Gasteiger partial charge in [0.25, 0.3) is 0 Å². The highest BCUT2D eigenvalue weighted by atomic mass is 16.5. The van der Waals surface area contributed by atoms with Crippen molar-refractivity contribution in [1.82, 2.24) is 0 Å². The Bertz CT molecular complexity index is 261. The fraction of sp³-hybridized carbons (Fsp3) is 0.400. The van der Waals surface area contributed by atoms with E-state index in [4.69, 9.17) is 15.6 Å². The van der Waals surface area contributed by atoms with Crippen molar-refractivity contribution in [2.75, 3.05) is 12.3 Å². The summed E-state index contributed by atoms with van der Waals surface area (Å²) in [5.74, 6) is 0. The first-order chi connectivity index (χ1) is 6.18. The maximum atomic E-state index is 8.94. The predicted octanol–water partition coefficient (Wildman–Crippen LogP) is 1.17. The first-order valence-corrected chi connectivity index (χ1v) is 4.28. The van der Waals surface area contributed by atoms with Gasteiger partial charge in [-0.25, -0.2) is 0 Å². The van der Waals surface area contributed by atoms with Crippen molar-refractivity contribution in [2.45, 2.75) is 19.6 Å². The molecule has 3 heteroatoms. The number of hydrogen-bond acceptors (Lipinski definition) is 3. The second-order valence-corrected chi connectivity index (χ2v) is 3.11. The molecule has 0 aliphatic carbocycles. The highest BCUT2D eigenvalue weighted by molar-refractivity contribution is 5.40. The minimum absolute atomic E-state index is 0.356. The standard InChI is InChI=1S/C10H15NO2/c1-8(12)6-13-7-9-3-2-4-10(11)5-9/h2-5,8,12H,6-7,11H2,1H3/t8-/m0/s1. The van der Waals surface area contributed by atoms with E-state index in [1.807, 2.05) is 24.3 Å². The highest BCUT2D eigenvalue weighted by Crippen LogP contribution is 2.07. The molecule has 3 N–H and O–H groups in total. The smallest absolute Gasteiger partial charge is 0.0745 e. The number of benzene rings is 1. The van der Waals surface area contributed by atoms with Crippen LogP contribution in [0.2, 0.25) is 0 Å². The van der Waals surface area contributed by atoms with Gasteiger partial charge in [0, 0.05) is 5.69 Å². The molecule has 72 valence electrons. The van der Waals surface area contributed by atoms with Crippen molar-refractivity contribution in [3.05, 3.63) is 29.8 Å². The Kier molecular flexibility index (Phi) is 3.73. The Labute approximate surface area is 78.1 Å². The molecule has 0 aliphatic heterocycles. The average molecular weight is 181 g/mol. The quantitative estimate of drug-likeness (QED) is 0.685. The lowest BCUT2D eigenvalue weighted by Gasteiger charge is -2.06. The van der Waals surface area contributed by atoms with Gasteiger partial charge >= 0.3 is 0 Å². The molecule has 0 amide bonds. The summed E-state index contributed by atoms with van der Waals surface area (Å²) in [7, 11) is 0. The Balaban J connectivity index is 2.37. The van der Waals surface area contributed by atoms with Crippen LogP contribution >= 0.6 is 0 Å². The zero-order chi connectivity index (χ0) is 9.68. The maximum Gasteiger partial charge on any atom is 0.0745 e. The number of rotatable bonds is 4. The zero-order valence-corrected chi connectivity index (χ0v) is 7.73. The van der Waals surface area contributed by atoms with Gasteiger partial charge in [-0.05, 0) is 24.6 Å². The van der Waals surface area contributed by atoms with E-state index < -0.39 is 6.10 Å². The Hall–Kier alpha value is -1.06. The van der Waals surface area contributed by atoms with E-state index in [-0.39, 0.29) is 0 Å². The van der Waals surface area contributed by atoms with E-state index in [9.17, 15) is 0 Å². The van der Waals surface area contributed by atoms with Crippen LogP contribution in [0.5, 0.6) is 0 Å². The third-order valence-electron chi connectivity index (χ3n) is 1.58. The number of nitrogen functional groups attached to an aromatic ring is 1. The topological polar surface area (TPSA) is 55.5 Å². The summed E-state index contributed by atoms with van der Waals surface area (Å²) < 4.78 is 5.23.